The summed E-state index contributed by atoms with van der Waals surface area (Å²) >= 11 is 1.73. The third-order valence-corrected chi connectivity index (χ3v) is 7.09. The van der Waals surface area contributed by atoms with Gasteiger partial charge in [0.05, 0.1) is 5.69 Å². The summed E-state index contributed by atoms with van der Waals surface area (Å²) in [6.07, 6.45) is 0.785. The number of nitrogens with zero attached hydrogens (tertiary/aromatic N) is 3. The molecule has 3 aromatic carbocycles. The van der Waals surface area contributed by atoms with Crippen LogP contribution in [0.4, 0.5) is 11.5 Å². The largest absolute Gasteiger partial charge is 0.340 e. The first-order valence-electron chi connectivity index (χ1n) is 11.8. The number of hydrogen-bond acceptors (Lipinski definition) is 5. The van der Waals surface area contributed by atoms with E-state index in [4.69, 9.17) is 9.97 Å². The van der Waals surface area contributed by atoms with Crippen molar-refractivity contribution in [2.45, 2.75) is 34.1 Å². The Hall–Kier alpha value is -3.83. The van der Waals surface area contributed by atoms with Crippen LogP contribution in [0.2, 0.25) is 0 Å². The van der Waals surface area contributed by atoms with Crippen molar-refractivity contribution < 1.29 is 0 Å². The smallest absolute Gasteiger partial charge is 0.137 e. The van der Waals surface area contributed by atoms with Crippen LogP contribution in [0.3, 0.4) is 0 Å². The van der Waals surface area contributed by atoms with Crippen LogP contribution in [0.15, 0.2) is 78.9 Å². The van der Waals surface area contributed by atoms with Gasteiger partial charge in [-0.05, 0) is 45.4 Å². The molecule has 0 fully saturated rings. The van der Waals surface area contributed by atoms with Gasteiger partial charge >= 0.3 is 0 Å². The Balaban J connectivity index is 1.40. The summed E-state index contributed by atoms with van der Waals surface area (Å²) in [6.45, 7) is 8.24. The third kappa shape index (κ3) is 5.15. The van der Waals surface area contributed by atoms with Crippen LogP contribution >= 0.6 is 11.3 Å². The fourth-order valence-electron chi connectivity index (χ4n) is 4.18. The molecule has 0 spiro atoms. The lowest BCUT2D eigenvalue weighted by Crippen LogP contribution is -2.06. The average molecular weight is 477 g/mol. The minimum Gasteiger partial charge on any atom is -0.340 e. The zero-order valence-electron chi connectivity index (χ0n) is 20.5. The quantitative estimate of drug-likeness (QED) is 0.271. The van der Waals surface area contributed by atoms with E-state index in [0.717, 1.165) is 56.8 Å². The molecule has 5 rings (SSSR count). The lowest BCUT2D eigenvalue weighted by Gasteiger charge is -2.15. The molecular formula is C30H28N4S. The first-order valence-corrected chi connectivity index (χ1v) is 12.6. The Morgan fingerprint density at radius 1 is 0.714 bits per heavy atom. The predicted octanol–water partition coefficient (Wildman–Crippen LogP) is 7.84. The highest BCUT2D eigenvalue weighted by atomic mass is 32.1. The fourth-order valence-corrected chi connectivity index (χ4v) is 5.12. The van der Waals surface area contributed by atoms with E-state index in [1.54, 1.807) is 11.3 Å². The second kappa shape index (κ2) is 9.80. The first-order chi connectivity index (χ1) is 17.0. The molecule has 0 aliphatic heterocycles. The van der Waals surface area contributed by atoms with E-state index in [0.29, 0.717) is 0 Å². The highest BCUT2D eigenvalue weighted by molar-refractivity contribution is 7.15. The summed E-state index contributed by atoms with van der Waals surface area (Å²) in [5.74, 6) is 1.63. The molecule has 0 aliphatic carbocycles. The van der Waals surface area contributed by atoms with E-state index >= 15 is 0 Å². The van der Waals surface area contributed by atoms with Gasteiger partial charge in [0.15, 0.2) is 0 Å². The van der Waals surface area contributed by atoms with Gasteiger partial charge in [-0.3, -0.25) is 0 Å². The lowest BCUT2D eigenvalue weighted by atomic mass is 10.0. The Labute approximate surface area is 210 Å². The van der Waals surface area contributed by atoms with Gasteiger partial charge in [-0.1, -0.05) is 72.3 Å². The zero-order chi connectivity index (χ0) is 24.4. The summed E-state index contributed by atoms with van der Waals surface area (Å²) in [5, 5.41) is 4.59. The number of benzene rings is 3. The van der Waals surface area contributed by atoms with Crippen LogP contribution in [-0.4, -0.2) is 15.0 Å². The topological polar surface area (TPSA) is 50.7 Å². The van der Waals surface area contributed by atoms with E-state index in [2.05, 4.69) is 104 Å². The van der Waals surface area contributed by atoms with Gasteiger partial charge in [0, 0.05) is 39.4 Å². The van der Waals surface area contributed by atoms with Crippen LogP contribution in [0.1, 0.15) is 33.1 Å². The van der Waals surface area contributed by atoms with Crippen molar-refractivity contribution in [1.82, 2.24) is 15.0 Å². The van der Waals surface area contributed by atoms with Crippen LogP contribution < -0.4 is 5.32 Å². The molecule has 2 heterocycles. The molecule has 5 aromatic rings. The highest BCUT2D eigenvalue weighted by Gasteiger charge is 2.14. The van der Waals surface area contributed by atoms with Crippen molar-refractivity contribution in [3.63, 3.8) is 0 Å². The number of thiazole rings is 1. The molecule has 5 heteroatoms. The van der Waals surface area contributed by atoms with Crippen molar-refractivity contribution in [2.24, 2.45) is 0 Å². The van der Waals surface area contributed by atoms with Crippen molar-refractivity contribution >= 4 is 22.8 Å². The van der Waals surface area contributed by atoms with E-state index in [9.17, 15) is 0 Å². The second-order valence-corrected chi connectivity index (χ2v) is 10.0. The van der Waals surface area contributed by atoms with E-state index in [1.807, 2.05) is 13.0 Å². The third-order valence-electron chi connectivity index (χ3n) is 6.07. The van der Waals surface area contributed by atoms with Gasteiger partial charge < -0.3 is 5.32 Å². The van der Waals surface area contributed by atoms with E-state index in [1.165, 1.54) is 16.0 Å². The predicted molar refractivity (Wildman–Crippen MR) is 146 cm³/mol. The van der Waals surface area contributed by atoms with Crippen LogP contribution in [-0.2, 0) is 6.42 Å². The summed E-state index contributed by atoms with van der Waals surface area (Å²) in [5.41, 5.74) is 8.92. The SMILES string of the molecule is Cc1ccc(Cc2c(C)nc(C)nc2Nc2ccc(-c3nc(-c4ccccc4)sc3C)cc2)cc1. The number of nitrogens with one attached hydrogen (secondary N) is 1. The molecule has 0 saturated heterocycles. The summed E-state index contributed by atoms with van der Waals surface area (Å²) in [7, 11) is 0. The maximum atomic E-state index is 4.93. The lowest BCUT2D eigenvalue weighted by molar-refractivity contribution is 0.965. The van der Waals surface area contributed by atoms with E-state index in [-0.39, 0.29) is 0 Å². The van der Waals surface area contributed by atoms with Crippen LogP contribution in [0.25, 0.3) is 21.8 Å². The molecule has 0 bridgehead atoms. The molecule has 35 heavy (non-hydrogen) atoms. The number of aryl methyl sites for hydroxylation is 4. The van der Waals surface area contributed by atoms with E-state index < -0.39 is 0 Å². The minimum atomic E-state index is 0.765. The van der Waals surface area contributed by atoms with Crippen molar-refractivity contribution in [3.05, 3.63) is 112 Å². The Morgan fingerprint density at radius 2 is 1.43 bits per heavy atom. The van der Waals surface area contributed by atoms with Gasteiger partial charge in [-0.15, -0.1) is 11.3 Å². The Bertz CT molecular complexity index is 1450. The number of hydrogen-bond donors (Lipinski definition) is 1. The summed E-state index contributed by atoms with van der Waals surface area (Å²) in [4.78, 5) is 15.5. The normalized spacial score (nSPS) is 11.0. The monoisotopic (exact) mass is 476 g/mol. The maximum Gasteiger partial charge on any atom is 0.137 e. The van der Waals surface area contributed by atoms with Crippen molar-refractivity contribution in [3.8, 4) is 21.8 Å². The Morgan fingerprint density at radius 3 is 2.14 bits per heavy atom. The molecule has 0 amide bonds. The average Bonchev–Trinajstić information content (AvgIpc) is 3.25. The van der Waals surface area contributed by atoms with Crippen LogP contribution in [0.5, 0.6) is 0 Å². The summed E-state index contributed by atoms with van der Waals surface area (Å²) < 4.78 is 0. The molecule has 2 aromatic heterocycles. The minimum absolute atomic E-state index is 0.765. The molecule has 0 aliphatic rings. The molecule has 0 radical (unpaired) electrons. The number of aromatic nitrogens is 3. The highest BCUT2D eigenvalue weighted by Crippen LogP contribution is 2.34. The molecule has 0 atom stereocenters. The van der Waals surface area contributed by atoms with Gasteiger partial charge in [-0.2, -0.15) is 0 Å². The van der Waals surface area contributed by atoms with Gasteiger partial charge in [0.25, 0.3) is 0 Å². The first kappa shape index (κ1) is 22.9. The molecule has 1 N–H and O–H groups in total. The molecule has 0 unspecified atom stereocenters. The zero-order valence-corrected chi connectivity index (χ0v) is 21.3. The van der Waals surface area contributed by atoms with Crippen LogP contribution in [0, 0.1) is 27.7 Å². The van der Waals surface area contributed by atoms with Gasteiger partial charge in [0.1, 0.15) is 16.6 Å². The van der Waals surface area contributed by atoms with Crippen molar-refractivity contribution in [2.75, 3.05) is 5.32 Å². The van der Waals surface area contributed by atoms with Crippen molar-refractivity contribution in [1.29, 1.82) is 0 Å². The maximum absolute atomic E-state index is 4.93. The number of anilines is 2. The molecule has 174 valence electrons. The standard InChI is InChI=1S/C30H28N4S/c1-19-10-12-23(13-11-19)18-27-20(2)31-22(4)32-29(27)33-26-16-14-24(15-17-26)28-21(3)35-30(34-28)25-8-6-5-7-9-25/h5-17H,18H2,1-4H3,(H,31,32,33). The fraction of sp³-hybridized carbons (Fsp3) is 0.167. The molecule has 0 saturated carbocycles. The van der Waals surface area contributed by atoms with Gasteiger partial charge in [0.2, 0.25) is 0 Å². The molecular weight excluding hydrogens is 448 g/mol. The molecule has 4 nitrogen and oxygen atoms in total. The second-order valence-electron chi connectivity index (χ2n) is 8.84. The Kier molecular flexibility index (Phi) is 6.43. The summed E-state index contributed by atoms with van der Waals surface area (Å²) in [6, 6.07) is 27.4. The van der Waals surface area contributed by atoms with Gasteiger partial charge in [-0.25, -0.2) is 15.0 Å². The number of rotatable bonds is 6.